The molecule has 0 saturated heterocycles. The summed E-state index contributed by atoms with van der Waals surface area (Å²) in [6.45, 7) is 2.33. The van der Waals surface area contributed by atoms with Gasteiger partial charge in [0, 0.05) is 19.2 Å². The number of benzene rings is 2. The number of likely N-dealkylation sites (N-methyl/N-ethyl adjacent to an activating group) is 1. The molecule has 0 bridgehead atoms. The second-order valence-electron chi connectivity index (χ2n) is 6.31. The molecule has 1 amide bonds. The van der Waals surface area contributed by atoms with Gasteiger partial charge in [-0.2, -0.15) is 0 Å². The largest absolute Gasteiger partial charge is 0.488 e. The van der Waals surface area contributed by atoms with E-state index in [1.807, 2.05) is 55.5 Å². The fourth-order valence-corrected chi connectivity index (χ4v) is 2.62. The van der Waals surface area contributed by atoms with E-state index in [1.165, 1.54) is 5.56 Å². The van der Waals surface area contributed by atoms with E-state index in [4.69, 9.17) is 9.47 Å². The highest BCUT2D eigenvalue weighted by Gasteiger charge is 2.20. The van der Waals surface area contributed by atoms with Crippen molar-refractivity contribution in [2.45, 2.75) is 13.5 Å². The third-order valence-electron chi connectivity index (χ3n) is 4.19. The van der Waals surface area contributed by atoms with E-state index >= 15 is 0 Å². The fourth-order valence-electron chi connectivity index (χ4n) is 2.62. The molecule has 0 fully saturated rings. The zero-order valence-corrected chi connectivity index (χ0v) is 14.9. The maximum absolute atomic E-state index is 12.2. The Morgan fingerprint density at radius 3 is 2.62 bits per heavy atom. The Labute approximate surface area is 152 Å². The van der Waals surface area contributed by atoms with Gasteiger partial charge < -0.3 is 14.4 Å². The van der Waals surface area contributed by atoms with Crippen molar-refractivity contribution in [3.8, 4) is 5.75 Å². The number of aryl methyl sites for hydroxylation is 1. The van der Waals surface area contributed by atoms with Crippen LogP contribution >= 0.6 is 0 Å². The molecule has 2 aromatic rings. The number of carbonyl (C=O) groups is 2. The van der Waals surface area contributed by atoms with E-state index in [-0.39, 0.29) is 19.1 Å². The number of ether oxygens (including phenoxy) is 2. The average Bonchev–Trinajstić information content (AvgIpc) is 2.67. The van der Waals surface area contributed by atoms with Crippen molar-refractivity contribution in [2.24, 2.45) is 0 Å². The zero-order chi connectivity index (χ0) is 18.5. The molecule has 0 saturated carbocycles. The number of fused-ring (bicyclic) bond motifs is 1. The summed E-state index contributed by atoms with van der Waals surface area (Å²) in [6.07, 6.45) is 1.74. The van der Waals surface area contributed by atoms with Gasteiger partial charge in [-0.3, -0.25) is 4.79 Å². The molecule has 0 N–H and O–H groups in total. The monoisotopic (exact) mass is 351 g/mol. The van der Waals surface area contributed by atoms with Crippen LogP contribution in [0.1, 0.15) is 16.7 Å². The molecule has 0 unspecified atom stereocenters. The van der Waals surface area contributed by atoms with Crippen LogP contribution in [0.5, 0.6) is 5.75 Å². The zero-order valence-electron chi connectivity index (χ0n) is 14.9. The number of hydrogen-bond donors (Lipinski definition) is 0. The van der Waals surface area contributed by atoms with Crippen molar-refractivity contribution < 1.29 is 19.1 Å². The predicted octanol–water partition coefficient (Wildman–Crippen LogP) is 2.97. The summed E-state index contributed by atoms with van der Waals surface area (Å²) in [5.74, 6) is -0.0498. The molecular formula is C21H21NO4. The first-order chi connectivity index (χ1) is 12.5. The van der Waals surface area contributed by atoms with Gasteiger partial charge in [-0.05, 0) is 24.6 Å². The molecule has 0 atom stereocenters. The normalized spacial score (nSPS) is 12.5. The van der Waals surface area contributed by atoms with Crippen LogP contribution in [0.4, 0.5) is 0 Å². The SMILES string of the molecule is Cc1ccc(CN(C)C(=O)COC(=O)C2=Cc3ccccc3OC2)cc1. The predicted molar refractivity (Wildman–Crippen MR) is 98.5 cm³/mol. The van der Waals surface area contributed by atoms with Gasteiger partial charge in [-0.1, -0.05) is 48.0 Å². The maximum Gasteiger partial charge on any atom is 0.338 e. The van der Waals surface area contributed by atoms with Gasteiger partial charge in [0.15, 0.2) is 6.61 Å². The van der Waals surface area contributed by atoms with Crippen LogP contribution in [-0.4, -0.2) is 37.0 Å². The summed E-state index contributed by atoms with van der Waals surface area (Å²) in [5.41, 5.74) is 3.42. The molecular weight excluding hydrogens is 330 g/mol. The minimum absolute atomic E-state index is 0.142. The number of para-hydroxylation sites is 1. The van der Waals surface area contributed by atoms with Crippen molar-refractivity contribution >= 4 is 18.0 Å². The van der Waals surface area contributed by atoms with Gasteiger partial charge in [0.25, 0.3) is 5.91 Å². The van der Waals surface area contributed by atoms with E-state index < -0.39 is 5.97 Å². The van der Waals surface area contributed by atoms with Crippen LogP contribution in [0.15, 0.2) is 54.1 Å². The Balaban J connectivity index is 1.53. The van der Waals surface area contributed by atoms with Crippen molar-refractivity contribution in [3.05, 3.63) is 70.8 Å². The van der Waals surface area contributed by atoms with E-state index in [0.29, 0.717) is 12.1 Å². The Morgan fingerprint density at radius 2 is 1.85 bits per heavy atom. The molecule has 3 rings (SSSR count). The molecule has 1 heterocycles. The van der Waals surface area contributed by atoms with Crippen LogP contribution in [0.2, 0.25) is 0 Å². The molecule has 1 aliphatic heterocycles. The van der Waals surface area contributed by atoms with Crippen molar-refractivity contribution in [2.75, 3.05) is 20.3 Å². The summed E-state index contributed by atoms with van der Waals surface area (Å²) >= 11 is 0. The number of nitrogens with zero attached hydrogens (tertiary/aromatic N) is 1. The minimum Gasteiger partial charge on any atom is -0.488 e. The van der Waals surface area contributed by atoms with Crippen molar-refractivity contribution in [3.63, 3.8) is 0 Å². The molecule has 1 aliphatic rings. The molecule has 0 aromatic heterocycles. The Kier molecular flexibility index (Phi) is 5.37. The number of amides is 1. The van der Waals surface area contributed by atoms with Gasteiger partial charge in [0.05, 0.1) is 5.57 Å². The van der Waals surface area contributed by atoms with Crippen LogP contribution in [0.25, 0.3) is 6.08 Å². The molecule has 0 aliphatic carbocycles. The Morgan fingerprint density at radius 1 is 1.12 bits per heavy atom. The summed E-state index contributed by atoms with van der Waals surface area (Å²) < 4.78 is 10.7. The molecule has 2 aromatic carbocycles. The van der Waals surface area contributed by atoms with Crippen LogP contribution in [-0.2, 0) is 20.9 Å². The average molecular weight is 351 g/mol. The highest BCUT2D eigenvalue weighted by molar-refractivity contribution is 5.96. The summed E-state index contributed by atoms with van der Waals surface area (Å²) in [6, 6.07) is 15.4. The van der Waals surface area contributed by atoms with Gasteiger partial charge in [-0.15, -0.1) is 0 Å². The lowest BCUT2D eigenvalue weighted by molar-refractivity contribution is -0.148. The van der Waals surface area contributed by atoms with Crippen molar-refractivity contribution in [1.82, 2.24) is 4.90 Å². The lowest BCUT2D eigenvalue weighted by Crippen LogP contribution is -2.31. The first kappa shape index (κ1) is 17.7. The Bertz CT molecular complexity index is 839. The number of hydrogen-bond acceptors (Lipinski definition) is 4. The molecule has 0 spiro atoms. The minimum atomic E-state index is -0.531. The smallest absolute Gasteiger partial charge is 0.338 e. The lowest BCUT2D eigenvalue weighted by Gasteiger charge is -2.19. The van der Waals surface area contributed by atoms with E-state index in [2.05, 4.69) is 0 Å². The molecule has 0 radical (unpaired) electrons. The van der Waals surface area contributed by atoms with Crippen LogP contribution in [0, 0.1) is 6.92 Å². The van der Waals surface area contributed by atoms with Crippen molar-refractivity contribution in [1.29, 1.82) is 0 Å². The van der Waals surface area contributed by atoms with E-state index in [1.54, 1.807) is 18.0 Å². The number of esters is 1. The standard InChI is InChI=1S/C21H21NO4/c1-15-7-9-16(10-8-15)12-22(2)20(23)14-26-21(24)18-11-17-5-3-4-6-19(17)25-13-18/h3-11H,12-14H2,1-2H3. The van der Waals surface area contributed by atoms with Gasteiger partial charge >= 0.3 is 5.97 Å². The highest BCUT2D eigenvalue weighted by Crippen LogP contribution is 2.26. The number of carbonyl (C=O) groups excluding carboxylic acids is 2. The lowest BCUT2D eigenvalue weighted by atomic mass is 10.1. The first-order valence-corrected chi connectivity index (χ1v) is 8.42. The quantitative estimate of drug-likeness (QED) is 0.777. The maximum atomic E-state index is 12.2. The summed E-state index contributed by atoms with van der Waals surface area (Å²) in [5, 5.41) is 0. The third kappa shape index (κ3) is 4.30. The molecule has 26 heavy (non-hydrogen) atoms. The molecule has 5 heteroatoms. The second-order valence-corrected chi connectivity index (χ2v) is 6.31. The van der Waals surface area contributed by atoms with E-state index in [9.17, 15) is 9.59 Å². The van der Waals surface area contributed by atoms with E-state index in [0.717, 1.165) is 16.9 Å². The molecule has 134 valence electrons. The fraction of sp³-hybridized carbons (Fsp3) is 0.238. The highest BCUT2D eigenvalue weighted by atomic mass is 16.5. The van der Waals surface area contributed by atoms with Crippen LogP contribution in [0.3, 0.4) is 0 Å². The second kappa shape index (κ2) is 7.87. The summed E-state index contributed by atoms with van der Waals surface area (Å²) in [4.78, 5) is 25.9. The van der Waals surface area contributed by atoms with Gasteiger partial charge in [0.1, 0.15) is 12.4 Å². The van der Waals surface area contributed by atoms with Gasteiger partial charge in [-0.25, -0.2) is 4.79 Å². The Hall–Kier alpha value is -3.08. The summed E-state index contributed by atoms with van der Waals surface area (Å²) in [7, 11) is 1.69. The first-order valence-electron chi connectivity index (χ1n) is 8.42. The number of rotatable bonds is 5. The third-order valence-corrected chi connectivity index (χ3v) is 4.19. The van der Waals surface area contributed by atoms with Crippen LogP contribution < -0.4 is 4.74 Å². The topological polar surface area (TPSA) is 55.8 Å². The van der Waals surface area contributed by atoms with Gasteiger partial charge in [0.2, 0.25) is 0 Å². The molecule has 5 nitrogen and oxygen atoms in total.